The highest BCUT2D eigenvalue weighted by Gasteiger charge is 2.44. The molecule has 2 unspecified atom stereocenters. The summed E-state index contributed by atoms with van der Waals surface area (Å²) in [5, 5.41) is 14.2. The largest absolute Gasteiger partial charge is 0.481 e. The van der Waals surface area contributed by atoms with E-state index in [9.17, 15) is 9.59 Å². The van der Waals surface area contributed by atoms with Crippen LogP contribution in [0.25, 0.3) is 0 Å². The van der Waals surface area contributed by atoms with Crippen LogP contribution in [0.2, 0.25) is 5.02 Å². The zero-order valence-electron chi connectivity index (χ0n) is 11.5. The molecular formula is C15H13ClN2O3S. The maximum absolute atomic E-state index is 12.2. The van der Waals surface area contributed by atoms with E-state index in [1.54, 1.807) is 5.38 Å². The summed E-state index contributed by atoms with van der Waals surface area (Å²) >= 11 is 7.20. The van der Waals surface area contributed by atoms with Gasteiger partial charge < -0.3 is 10.4 Å². The van der Waals surface area contributed by atoms with Gasteiger partial charge in [-0.25, -0.2) is 4.98 Å². The highest BCUT2D eigenvalue weighted by molar-refractivity contribution is 7.13. The molecule has 0 aliphatic heterocycles. The first-order valence-electron chi connectivity index (χ1n) is 6.75. The number of amides is 1. The van der Waals surface area contributed by atoms with Gasteiger partial charge in [0.25, 0.3) is 0 Å². The third-order valence-corrected chi connectivity index (χ3v) is 4.56. The third kappa shape index (κ3) is 3.45. The first kappa shape index (κ1) is 15.0. The summed E-state index contributed by atoms with van der Waals surface area (Å²) in [6.07, 6.45) is 0.653. The fourth-order valence-electron chi connectivity index (χ4n) is 2.39. The second-order valence-electron chi connectivity index (χ2n) is 5.21. The van der Waals surface area contributed by atoms with Gasteiger partial charge >= 0.3 is 5.97 Å². The molecule has 2 N–H and O–H groups in total. The number of carbonyl (C=O) groups is 2. The Morgan fingerprint density at radius 2 is 2.27 bits per heavy atom. The van der Waals surface area contributed by atoms with Crippen molar-refractivity contribution < 1.29 is 14.7 Å². The Hall–Kier alpha value is -1.92. The minimum absolute atomic E-state index is 0.0784. The van der Waals surface area contributed by atoms with Gasteiger partial charge in [-0.15, -0.1) is 11.3 Å². The van der Waals surface area contributed by atoms with E-state index in [1.807, 2.05) is 24.3 Å². The fourth-order valence-corrected chi connectivity index (χ4v) is 3.30. The summed E-state index contributed by atoms with van der Waals surface area (Å²) < 4.78 is 0. The van der Waals surface area contributed by atoms with Crippen LogP contribution in [0.15, 0.2) is 29.6 Å². The van der Waals surface area contributed by atoms with Crippen molar-refractivity contribution in [2.45, 2.75) is 18.8 Å². The van der Waals surface area contributed by atoms with Gasteiger partial charge in [0.05, 0.1) is 12.1 Å². The van der Waals surface area contributed by atoms with E-state index < -0.39 is 5.97 Å². The predicted octanol–water partition coefficient (Wildman–Crippen LogP) is 3.17. The average Bonchev–Trinajstić information content (AvgIpc) is 3.15. The van der Waals surface area contributed by atoms with Crippen molar-refractivity contribution in [3.05, 3.63) is 45.9 Å². The molecular weight excluding hydrogens is 324 g/mol. The highest BCUT2D eigenvalue weighted by atomic mass is 35.5. The number of aliphatic carboxylic acids is 1. The van der Waals surface area contributed by atoms with Gasteiger partial charge in [0, 0.05) is 16.3 Å². The van der Waals surface area contributed by atoms with Gasteiger partial charge in [0.2, 0.25) is 5.91 Å². The maximum atomic E-state index is 12.2. The summed E-state index contributed by atoms with van der Waals surface area (Å²) in [6, 6.07) is 7.54. The van der Waals surface area contributed by atoms with Crippen molar-refractivity contribution in [3.8, 4) is 0 Å². The molecule has 0 bridgehead atoms. The lowest BCUT2D eigenvalue weighted by Crippen LogP contribution is -2.14. The Morgan fingerprint density at radius 1 is 1.45 bits per heavy atom. The predicted molar refractivity (Wildman–Crippen MR) is 84.4 cm³/mol. The molecule has 2 atom stereocenters. The number of carboxylic acids is 1. The number of rotatable bonds is 5. The quantitative estimate of drug-likeness (QED) is 0.879. The summed E-state index contributed by atoms with van der Waals surface area (Å²) in [7, 11) is 0. The topological polar surface area (TPSA) is 79.3 Å². The van der Waals surface area contributed by atoms with E-state index in [4.69, 9.17) is 16.7 Å². The molecule has 5 nitrogen and oxygen atoms in total. The number of aromatic nitrogens is 1. The highest BCUT2D eigenvalue weighted by Crippen LogP contribution is 2.48. The standard InChI is InChI=1S/C15H13ClN2O3S/c16-9-3-1-2-8(4-9)11-6-12(11)14(21)18-15-17-10(7-22-15)5-13(19)20/h1-4,7,11-12H,5-6H2,(H,19,20)(H,17,18,21). The van der Waals surface area contributed by atoms with E-state index >= 15 is 0 Å². The number of hydrogen-bond donors (Lipinski definition) is 2. The number of nitrogens with zero attached hydrogens (tertiary/aromatic N) is 1. The number of thiazole rings is 1. The van der Waals surface area contributed by atoms with Crippen molar-refractivity contribution >= 4 is 39.9 Å². The normalized spacial score (nSPS) is 19.7. The minimum atomic E-state index is -0.939. The first-order chi connectivity index (χ1) is 10.5. The molecule has 1 aliphatic rings. The molecule has 0 radical (unpaired) electrons. The molecule has 22 heavy (non-hydrogen) atoms. The van der Waals surface area contributed by atoms with Crippen LogP contribution in [0.5, 0.6) is 0 Å². The molecule has 2 aromatic rings. The second-order valence-corrected chi connectivity index (χ2v) is 6.50. The Morgan fingerprint density at radius 3 is 3.00 bits per heavy atom. The summed E-state index contributed by atoms with van der Waals surface area (Å²) in [5.74, 6) is -0.907. The maximum Gasteiger partial charge on any atom is 0.309 e. The molecule has 1 aliphatic carbocycles. The van der Waals surface area contributed by atoms with Crippen LogP contribution >= 0.6 is 22.9 Å². The van der Waals surface area contributed by atoms with E-state index in [2.05, 4.69) is 10.3 Å². The molecule has 1 heterocycles. The number of carbonyl (C=O) groups excluding carboxylic acids is 1. The number of benzene rings is 1. The summed E-state index contributed by atoms with van der Waals surface area (Å²) in [5.41, 5.74) is 1.52. The van der Waals surface area contributed by atoms with Crippen LogP contribution in [0, 0.1) is 5.92 Å². The monoisotopic (exact) mass is 336 g/mol. The van der Waals surface area contributed by atoms with Crippen molar-refractivity contribution in [1.29, 1.82) is 0 Å². The zero-order valence-corrected chi connectivity index (χ0v) is 13.0. The van der Waals surface area contributed by atoms with Crippen LogP contribution < -0.4 is 5.32 Å². The van der Waals surface area contributed by atoms with Gasteiger partial charge in [0.15, 0.2) is 5.13 Å². The Bertz CT molecular complexity index is 731. The van der Waals surface area contributed by atoms with Crippen LogP contribution in [0.3, 0.4) is 0 Å². The van der Waals surface area contributed by atoms with E-state index in [-0.39, 0.29) is 24.2 Å². The van der Waals surface area contributed by atoms with Gasteiger partial charge in [-0.2, -0.15) is 0 Å². The van der Waals surface area contributed by atoms with Crippen molar-refractivity contribution in [1.82, 2.24) is 4.98 Å². The van der Waals surface area contributed by atoms with E-state index in [1.165, 1.54) is 11.3 Å². The molecule has 0 spiro atoms. The number of hydrogen-bond acceptors (Lipinski definition) is 4. The zero-order chi connectivity index (χ0) is 15.7. The lowest BCUT2D eigenvalue weighted by atomic mass is 10.1. The molecule has 3 rings (SSSR count). The smallest absolute Gasteiger partial charge is 0.309 e. The third-order valence-electron chi connectivity index (χ3n) is 3.52. The molecule has 0 saturated heterocycles. The lowest BCUT2D eigenvalue weighted by molar-refractivity contribution is -0.136. The minimum Gasteiger partial charge on any atom is -0.481 e. The molecule has 114 valence electrons. The number of anilines is 1. The van der Waals surface area contributed by atoms with E-state index in [0.717, 1.165) is 12.0 Å². The van der Waals surface area contributed by atoms with Crippen molar-refractivity contribution in [2.75, 3.05) is 5.32 Å². The number of carboxylic acid groups (broad SMARTS) is 1. The van der Waals surface area contributed by atoms with Gasteiger partial charge in [0.1, 0.15) is 0 Å². The lowest BCUT2D eigenvalue weighted by Gasteiger charge is -2.02. The summed E-state index contributed by atoms with van der Waals surface area (Å²) in [6.45, 7) is 0. The first-order valence-corrected chi connectivity index (χ1v) is 8.01. The SMILES string of the molecule is O=C(O)Cc1csc(NC(=O)C2CC2c2cccc(Cl)c2)n1. The van der Waals surface area contributed by atoms with Crippen LogP contribution in [0.4, 0.5) is 5.13 Å². The van der Waals surface area contributed by atoms with Crippen molar-refractivity contribution in [2.24, 2.45) is 5.92 Å². The van der Waals surface area contributed by atoms with Crippen LogP contribution in [-0.4, -0.2) is 22.0 Å². The van der Waals surface area contributed by atoms with Crippen molar-refractivity contribution in [3.63, 3.8) is 0 Å². The Labute approximate surface area is 136 Å². The Balaban J connectivity index is 1.59. The van der Waals surface area contributed by atoms with Crippen LogP contribution in [0.1, 0.15) is 23.6 Å². The molecule has 1 amide bonds. The van der Waals surface area contributed by atoms with Crippen LogP contribution in [-0.2, 0) is 16.0 Å². The molecule has 1 aromatic heterocycles. The molecule has 1 aromatic carbocycles. The summed E-state index contributed by atoms with van der Waals surface area (Å²) in [4.78, 5) is 26.9. The average molecular weight is 337 g/mol. The number of halogens is 1. The molecule has 1 saturated carbocycles. The molecule has 7 heteroatoms. The van der Waals surface area contributed by atoms with Gasteiger partial charge in [-0.1, -0.05) is 23.7 Å². The van der Waals surface area contributed by atoms with Gasteiger partial charge in [-0.3, -0.25) is 9.59 Å². The van der Waals surface area contributed by atoms with E-state index in [0.29, 0.717) is 15.8 Å². The Kier molecular flexibility index (Phi) is 4.13. The second kappa shape index (κ2) is 6.06. The number of nitrogens with one attached hydrogen (secondary N) is 1. The van der Waals surface area contributed by atoms with Gasteiger partial charge in [-0.05, 0) is 30.0 Å². The fraction of sp³-hybridized carbons (Fsp3) is 0.267. The molecule has 1 fully saturated rings.